The van der Waals surface area contributed by atoms with E-state index in [-0.39, 0.29) is 28.3 Å². The molecule has 6 heteroatoms. The summed E-state index contributed by atoms with van der Waals surface area (Å²) in [4.78, 5) is 0.292. The molecule has 0 aromatic heterocycles. The highest BCUT2D eigenvalue weighted by Crippen LogP contribution is 2.38. The van der Waals surface area contributed by atoms with E-state index in [0.717, 1.165) is 0 Å². The summed E-state index contributed by atoms with van der Waals surface area (Å²) in [5, 5.41) is 8.72. The Morgan fingerprint density at radius 2 is 2.12 bits per heavy atom. The second-order valence-electron chi connectivity index (χ2n) is 3.45. The summed E-state index contributed by atoms with van der Waals surface area (Å²) in [6.07, 6.45) is 0.561. The fraction of sp³-hybridized carbons (Fsp3) is 0.400. The van der Waals surface area contributed by atoms with Gasteiger partial charge in [0.25, 0.3) is 0 Å². The average molecular weight is 265 g/mol. The van der Waals surface area contributed by atoms with Crippen LogP contribution in [0.1, 0.15) is 13.3 Å². The van der Waals surface area contributed by atoms with E-state index in [1.807, 2.05) is 6.92 Å². The first-order valence-corrected chi connectivity index (χ1v) is 6.03. The van der Waals surface area contributed by atoms with Crippen LogP contribution < -0.4 is 11.5 Å². The lowest BCUT2D eigenvalue weighted by Gasteiger charge is -2.14. The van der Waals surface area contributed by atoms with Crippen LogP contribution in [0.2, 0.25) is 5.02 Å². The van der Waals surface area contributed by atoms with Crippen LogP contribution in [0.3, 0.4) is 0 Å². The first-order valence-electron chi connectivity index (χ1n) is 4.77. The molecule has 0 radical (unpaired) electrons. The smallest absolute Gasteiger partial charge is 0.159 e. The standard InChI is InChI=1S/C10H14ClFN2OS/c1-5(2-3-15)16-10-7(14)4-6(13)8(11)9(10)12/h4-5,15H,2-3,13-14H2,1H3. The van der Waals surface area contributed by atoms with Crippen LogP contribution in [0.25, 0.3) is 0 Å². The van der Waals surface area contributed by atoms with Crippen molar-refractivity contribution >= 4 is 34.7 Å². The summed E-state index contributed by atoms with van der Waals surface area (Å²) >= 11 is 6.94. The van der Waals surface area contributed by atoms with E-state index in [4.69, 9.17) is 28.2 Å². The molecule has 0 aliphatic carbocycles. The van der Waals surface area contributed by atoms with Crippen LogP contribution in [0.15, 0.2) is 11.0 Å². The maximum Gasteiger partial charge on any atom is 0.159 e. The van der Waals surface area contributed by atoms with Gasteiger partial charge < -0.3 is 16.6 Å². The minimum Gasteiger partial charge on any atom is -0.398 e. The van der Waals surface area contributed by atoms with E-state index < -0.39 is 5.82 Å². The third kappa shape index (κ3) is 2.93. The number of benzene rings is 1. The van der Waals surface area contributed by atoms with Gasteiger partial charge in [0.2, 0.25) is 0 Å². The molecule has 0 spiro atoms. The maximum absolute atomic E-state index is 13.7. The number of hydrogen-bond acceptors (Lipinski definition) is 4. The Bertz CT molecular complexity index is 390. The first-order chi connectivity index (χ1) is 7.47. The fourth-order valence-electron chi connectivity index (χ4n) is 1.21. The number of aliphatic hydroxyl groups is 1. The van der Waals surface area contributed by atoms with Crippen molar-refractivity contribution in [3.05, 3.63) is 16.9 Å². The molecule has 0 heterocycles. The summed E-state index contributed by atoms with van der Waals surface area (Å²) in [5.74, 6) is -0.589. The predicted octanol–water partition coefficient (Wildman–Crippen LogP) is 2.51. The van der Waals surface area contributed by atoms with Gasteiger partial charge >= 0.3 is 0 Å². The van der Waals surface area contributed by atoms with Crippen molar-refractivity contribution in [2.75, 3.05) is 18.1 Å². The molecule has 0 aliphatic rings. The number of hydrogen-bond donors (Lipinski definition) is 3. The van der Waals surface area contributed by atoms with Gasteiger partial charge in [0, 0.05) is 11.9 Å². The van der Waals surface area contributed by atoms with E-state index in [9.17, 15) is 4.39 Å². The Kier molecular flexibility index (Phi) is 4.70. The largest absolute Gasteiger partial charge is 0.398 e. The van der Waals surface area contributed by atoms with E-state index in [2.05, 4.69) is 0 Å². The van der Waals surface area contributed by atoms with Crippen LogP contribution in [-0.4, -0.2) is 17.0 Å². The molecule has 1 aromatic carbocycles. The van der Waals surface area contributed by atoms with Crippen LogP contribution >= 0.6 is 23.4 Å². The zero-order chi connectivity index (χ0) is 12.3. The maximum atomic E-state index is 13.7. The Morgan fingerprint density at radius 3 is 2.69 bits per heavy atom. The van der Waals surface area contributed by atoms with Crippen molar-refractivity contribution in [3.8, 4) is 0 Å². The molecule has 0 bridgehead atoms. The first kappa shape index (κ1) is 13.4. The van der Waals surface area contributed by atoms with Gasteiger partial charge in [0.05, 0.1) is 16.3 Å². The Balaban J connectivity index is 3.00. The highest BCUT2D eigenvalue weighted by molar-refractivity contribution is 8.00. The van der Waals surface area contributed by atoms with Gasteiger partial charge in [-0.3, -0.25) is 0 Å². The number of rotatable bonds is 4. The lowest BCUT2D eigenvalue weighted by atomic mass is 10.3. The number of anilines is 2. The van der Waals surface area contributed by atoms with Gasteiger partial charge in [-0.05, 0) is 12.5 Å². The highest BCUT2D eigenvalue weighted by atomic mass is 35.5. The fourth-order valence-corrected chi connectivity index (χ4v) is 2.44. The van der Waals surface area contributed by atoms with Crippen molar-refractivity contribution in [1.82, 2.24) is 0 Å². The summed E-state index contributed by atoms with van der Waals surface area (Å²) in [5.41, 5.74) is 11.6. The third-order valence-electron chi connectivity index (χ3n) is 2.07. The van der Waals surface area contributed by atoms with Crippen molar-refractivity contribution in [2.45, 2.75) is 23.5 Å². The molecule has 0 amide bonds. The van der Waals surface area contributed by atoms with Crippen LogP contribution in [0.5, 0.6) is 0 Å². The van der Waals surface area contributed by atoms with Crippen LogP contribution in [-0.2, 0) is 0 Å². The van der Waals surface area contributed by atoms with Crippen molar-refractivity contribution < 1.29 is 9.50 Å². The summed E-state index contributed by atoms with van der Waals surface area (Å²) < 4.78 is 13.7. The lowest BCUT2D eigenvalue weighted by molar-refractivity contribution is 0.289. The third-order valence-corrected chi connectivity index (χ3v) is 3.75. The SMILES string of the molecule is CC(CCO)Sc1c(N)cc(N)c(Cl)c1F. The molecule has 5 N–H and O–H groups in total. The molecule has 3 nitrogen and oxygen atoms in total. The molecule has 16 heavy (non-hydrogen) atoms. The van der Waals surface area contributed by atoms with Crippen LogP contribution in [0.4, 0.5) is 15.8 Å². The van der Waals surface area contributed by atoms with E-state index >= 15 is 0 Å². The predicted molar refractivity (Wildman–Crippen MR) is 67.3 cm³/mol. The number of aliphatic hydroxyl groups excluding tert-OH is 1. The second-order valence-corrected chi connectivity index (χ2v) is 5.28. The second kappa shape index (κ2) is 5.61. The summed E-state index contributed by atoms with van der Waals surface area (Å²) in [7, 11) is 0. The Morgan fingerprint density at radius 1 is 1.50 bits per heavy atom. The summed E-state index contributed by atoms with van der Waals surface area (Å²) in [6.45, 7) is 1.93. The van der Waals surface area contributed by atoms with Crippen LogP contribution in [0, 0.1) is 5.82 Å². The minimum atomic E-state index is -0.589. The van der Waals surface area contributed by atoms with E-state index in [0.29, 0.717) is 11.3 Å². The summed E-state index contributed by atoms with van der Waals surface area (Å²) in [6, 6.07) is 1.44. The normalized spacial score (nSPS) is 12.8. The quantitative estimate of drug-likeness (QED) is 0.577. The van der Waals surface area contributed by atoms with E-state index in [1.54, 1.807) is 0 Å². The monoisotopic (exact) mass is 264 g/mol. The highest BCUT2D eigenvalue weighted by Gasteiger charge is 2.16. The van der Waals surface area contributed by atoms with E-state index in [1.165, 1.54) is 17.8 Å². The molecule has 1 unspecified atom stereocenters. The molecule has 0 fully saturated rings. The number of nitrogen functional groups attached to an aromatic ring is 2. The Hall–Kier alpha value is -0.650. The zero-order valence-electron chi connectivity index (χ0n) is 8.84. The van der Waals surface area contributed by atoms with Crippen molar-refractivity contribution in [2.24, 2.45) is 0 Å². The molecule has 0 aliphatic heterocycles. The van der Waals surface area contributed by atoms with Gasteiger partial charge in [-0.15, -0.1) is 11.8 Å². The average Bonchev–Trinajstić information content (AvgIpc) is 2.22. The van der Waals surface area contributed by atoms with Crippen molar-refractivity contribution in [1.29, 1.82) is 0 Å². The van der Waals surface area contributed by atoms with Gasteiger partial charge in [-0.25, -0.2) is 4.39 Å². The van der Waals surface area contributed by atoms with Gasteiger partial charge in [-0.2, -0.15) is 0 Å². The molecular formula is C10H14ClFN2OS. The van der Waals surface area contributed by atoms with Gasteiger partial charge in [-0.1, -0.05) is 18.5 Å². The number of thioether (sulfide) groups is 1. The molecular weight excluding hydrogens is 251 g/mol. The molecule has 1 aromatic rings. The molecule has 0 saturated heterocycles. The number of nitrogens with two attached hydrogens (primary N) is 2. The van der Waals surface area contributed by atoms with Crippen molar-refractivity contribution in [3.63, 3.8) is 0 Å². The topological polar surface area (TPSA) is 72.3 Å². The van der Waals surface area contributed by atoms with Gasteiger partial charge in [0.1, 0.15) is 5.02 Å². The molecule has 0 saturated carbocycles. The van der Waals surface area contributed by atoms with Gasteiger partial charge in [0.15, 0.2) is 5.82 Å². The minimum absolute atomic E-state index is 0.0540. The molecule has 90 valence electrons. The molecule has 1 rings (SSSR count). The lowest BCUT2D eigenvalue weighted by Crippen LogP contribution is -2.03. The Labute approximate surface area is 103 Å². The molecule has 1 atom stereocenters. The number of halogens is 2. The zero-order valence-corrected chi connectivity index (χ0v) is 10.4.